The van der Waals surface area contributed by atoms with Crippen LogP contribution in [0.15, 0.2) is 206 Å². The van der Waals surface area contributed by atoms with Gasteiger partial charge in [0.1, 0.15) is 0 Å². The van der Waals surface area contributed by atoms with Crippen molar-refractivity contribution in [3.63, 3.8) is 0 Å². The van der Waals surface area contributed by atoms with Gasteiger partial charge in [-0.3, -0.25) is 0 Å². The molecule has 0 aliphatic rings. The fraction of sp³-hybridized carbons (Fsp3) is 0.129. The first-order valence-electron chi connectivity index (χ1n) is 22.6. The topological polar surface area (TPSA) is 6.48 Å². The van der Waals surface area contributed by atoms with E-state index < -0.39 is 0 Å². The van der Waals surface area contributed by atoms with Gasteiger partial charge in [-0.2, -0.15) is 0 Å². The average Bonchev–Trinajstić information content (AvgIpc) is 3.31. The molecule has 0 aliphatic heterocycles. The number of hydrogen-bond acceptors (Lipinski definition) is 2. The summed E-state index contributed by atoms with van der Waals surface area (Å²) >= 11 is 0. The third-order valence-corrected chi connectivity index (χ3v) is 13.3. The lowest BCUT2D eigenvalue weighted by molar-refractivity contribution is 0.590. The molecule has 0 aliphatic carbocycles. The molecule has 0 heterocycles. The van der Waals surface area contributed by atoms with Gasteiger partial charge in [-0.1, -0.05) is 181 Å². The second-order valence-electron chi connectivity index (χ2n) is 19.5. The molecular formula is C62H52N2. The number of fused-ring (bicyclic) bond motifs is 2. The van der Waals surface area contributed by atoms with E-state index in [1.807, 2.05) is 0 Å². The van der Waals surface area contributed by atoms with Gasteiger partial charge in [-0.05, 0) is 148 Å². The minimum absolute atomic E-state index is 0.0618. The average molecular weight is 825 g/mol. The van der Waals surface area contributed by atoms with Gasteiger partial charge in [0.05, 0.1) is 5.69 Å². The van der Waals surface area contributed by atoms with E-state index in [0.29, 0.717) is 0 Å². The van der Waals surface area contributed by atoms with Crippen molar-refractivity contribution in [3.05, 3.63) is 217 Å². The number of anilines is 6. The maximum absolute atomic E-state index is 2.45. The molecule has 0 N–H and O–H groups in total. The Bertz CT molecular complexity index is 3490. The molecule has 11 aromatic carbocycles. The van der Waals surface area contributed by atoms with E-state index in [1.54, 1.807) is 0 Å². The van der Waals surface area contributed by atoms with Crippen molar-refractivity contribution in [2.75, 3.05) is 9.80 Å². The highest BCUT2D eigenvalue weighted by Crippen LogP contribution is 2.47. The Hall–Kier alpha value is -7.42. The number of rotatable bonds is 7. The molecule has 2 heteroatoms. The number of benzene rings is 11. The second kappa shape index (κ2) is 15.1. The molecule has 0 atom stereocenters. The standard InChI is InChI=1S/C62H52N2/c1-61(2,3)48-23-31-51(32-24-48)63(53-29-15-41-11-7-9-13-46(41)39-53)50-27-17-43(18-28-50)55-35-19-44-21-37-57-58(38-22-45-20-36-56(55)59(44)60(45)57)64(52-33-25-49(26-34-52)62(4,5)6)54-30-16-42-12-8-10-14-47(42)40-54/h7-40H,1-6H3. The van der Waals surface area contributed by atoms with Gasteiger partial charge in [0.15, 0.2) is 0 Å². The molecule has 0 unspecified atom stereocenters. The van der Waals surface area contributed by atoms with Crippen molar-refractivity contribution in [2.45, 2.75) is 52.4 Å². The van der Waals surface area contributed by atoms with E-state index >= 15 is 0 Å². The highest BCUT2D eigenvalue weighted by atomic mass is 15.1. The molecule has 0 amide bonds. The first kappa shape index (κ1) is 39.4. The van der Waals surface area contributed by atoms with E-state index in [0.717, 1.165) is 28.4 Å². The molecular weight excluding hydrogens is 773 g/mol. The molecule has 0 saturated heterocycles. The maximum Gasteiger partial charge on any atom is 0.0540 e. The summed E-state index contributed by atoms with van der Waals surface area (Å²) in [7, 11) is 0. The quantitative estimate of drug-likeness (QED) is 0.148. The molecule has 2 nitrogen and oxygen atoms in total. The Balaban J connectivity index is 1.04. The SMILES string of the molecule is CC(C)(C)c1ccc(N(c2ccc(-c3ccc4ccc5c(N(c6ccc(C(C)(C)C)cc6)c6ccc7ccccc7c6)ccc6ccc3c4c65)cc2)c2ccc3ccccc3c2)cc1. The van der Waals surface area contributed by atoms with E-state index in [1.165, 1.54) is 81.8 Å². The summed E-state index contributed by atoms with van der Waals surface area (Å²) in [4.78, 5) is 4.83. The zero-order chi connectivity index (χ0) is 43.7. The van der Waals surface area contributed by atoms with Gasteiger partial charge in [0, 0.05) is 33.8 Å². The van der Waals surface area contributed by atoms with Crippen LogP contribution in [0.3, 0.4) is 0 Å². The van der Waals surface area contributed by atoms with Crippen LogP contribution in [0.5, 0.6) is 0 Å². The van der Waals surface area contributed by atoms with Gasteiger partial charge < -0.3 is 9.80 Å². The molecule has 0 saturated carbocycles. The van der Waals surface area contributed by atoms with Gasteiger partial charge in [-0.15, -0.1) is 0 Å². The van der Waals surface area contributed by atoms with E-state index in [2.05, 4.69) is 258 Å². The largest absolute Gasteiger partial charge is 0.310 e. The molecule has 11 rings (SSSR count). The fourth-order valence-corrected chi connectivity index (χ4v) is 9.75. The minimum Gasteiger partial charge on any atom is -0.310 e. The summed E-state index contributed by atoms with van der Waals surface area (Å²) < 4.78 is 0. The van der Waals surface area contributed by atoms with E-state index in [-0.39, 0.29) is 10.8 Å². The summed E-state index contributed by atoms with van der Waals surface area (Å²) in [6, 6.07) is 76.8. The molecule has 0 radical (unpaired) electrons. The second-order valence-corrected chi connectivity index (χ2v) is 19.5. The fourth-order valence-electron chi connectivity index (χ4n) is 9.75. The normalized spacial score (nSPS) is 12.2. The minimum atomic E-state index is 0.0618. The summed E-state index contributed by atoms with van der Waals surface area (Å²) in [6.07, 6.45) is 0. The Labute approximate surface area is 377 Å². The van der Waals surface area contributed by atoms with Crippen molar-refractivity contribution in [1.29, 1.82) is 0 Å². The van der Waals surface area contributed by atoms with Crippen LogP contribution in [0.25, 0.3) is 65.0 Å². The summed E-state index contributed by atoms with van der Waals surface area (Å²) in [5.74, 6) is 0. The molecule has 64 heavy (non-hydrogen) atoms. The van der Waals surface area contributed by atoms with Crippen molar-refractivity contribution in [2.24, 2.45) is 0 Å². The Kier molecular flexibility index (Phi) is 9.33. The smallest absolute Gasteiger partial charge is 0.0540 e. The van der Waals surface area contributed by atoms with Crippen LogP contribution >= 0.6 is 0 Å². The van der Waals surface area contributed by atoms with Gasteiger partial charge >= 0.3 is 0 Å². The third-order valence-electron chi connectivity index (χ3n) is 13.3. The van der Waals surface area contributed by atoms with Crippen LogP contribution in [0.1, 0.15) is 52.7 Å². The van der Waals surface area contributed by atoms with Crippen molar-refractivity contribution in [1.82, 2.24) is 0 Å². The van der Waals surface area contributed by atoms with Gasteiger partial charge in [0.25, 0.3) is 0 Å². The molecule has 0 bridgehead atoms. The predicted molar refractivity (Wildman–Crippen MR) is 277 cm³/mol. The van der Waals surface area contributed by atoms with Crippen LogP contribution in [0.2, 0.25) is 0 Å². The molecule has 0 aromatic heterocycles. The van der Waals surface area contributed by atoms with Crippen molar-refractivity contribution in [3.8, 4) is 11.1 Å². The molecule has 0 spiro atoms. The monoisotopic (exact) mass is 824 g/mol. The Morgan fingerprint density at radius 2 is 0.688 bits per heavy atom. The first-order chi connectivity index (χ1) is 31.0. The maximum atomic E-state index is 2.45. The summed E-state index contributed by atoms with van der Waals surface area (Å²) in [5.41, 5.74) is 12.0. The van der Waals surface area contributed by atoms with Crippen LogP contribution in [0, 0.1) is 0 Å². The zero-order valence-corrected chi connectivity index (χ0v) is 37.5. The lowest BCUT2D eigenvalue weighted by Gasteiger charge is -2.29. The van der Waals surface area contributed by atoms with Crippen LogP contribution in [-0.4, -0.2) is 0 Å². The Morgan fingerprint density at radius 3 is 1.22 bits per heavy atom. The van der Waals surface area contributed by atoms with Crippen molar-refractivity contribution >= 4 is 88.0 Å². The zero-order valence-electron chi connectivity index (χ0n) is 37.5. The summed E-state index contributed by atoms with van der Waals surface area (Å²) in [5, 5.41) is 12.5. The first-order valence-corrected chi connectivity index (χ1v) is 22.6. The van der Waals surface area contributed by atoms with Crippen LogP contribution in [-0.2, 0) is 10.8 Å². The third kappa shape index (κ3) is 6.91. The summed E-state index contributed by atoms with van der Waals surface area (Å²) in [6.45, 7) is 13.6. The lowest BCUT2D eigenvalue weighted by atomic mass is 9.87. The Morgan fingerprint density at radius 1 is 0.297 bits per heavy atom. The highest BCUT2D eigenvalue weighted by Gasteiger charge is 2.22. The lowest BCUT2D eigenvalue weighted by Crippen LogP contribution is -2.13. The molecule has 310 valence electrons. The van der Waals surface area contributed by atoms with E-state index in [4.69, 9.17) is 0 Å². The van der Waals surface area contributed by atoms with Crippen LogP contribution in [0.4, 0.5) is 34.1 Å². The number of nitrogens with zero attached hydrogens (tertiary/aromatic N) is 2. The molecule has 0 fully saturated rings. The van der Waals surface area contributed by atoms with Gasteiger partial charge in [0.2, 0.25) is 0 Å². The predicted octanol–water partition coefficient (Wildman–Crippen LogP) is 18.1. The number of hydrogen-bond donors (Lipinski definition) is 0. The van der Waals surface area contributed by atoms with Gasteiger partial charge in [-0.25, -0.2) is 0 Å². The van der Waals surface area contributed by atoms with Crippen LogP contribution < -0.4 is 9.80 Å². The molecule has 11 aromatic rings. The van der Waals surface area contributed by atoms with E-state index in [9.17, 15) is 0 Å². The highest BCUT2D eigenvalue weighted by molar-refractivity contribution is 6.28. The van der Waals surface area contributed by atoms with Crippen molar-refractivity contribution < 1.29 is 0 Å².